The molecule has 0 amide bonds. The second-order valence-electron chi connectivity index (χ2n) is 3.69. The molecule has 0 radical (unpaired) electrons. The molecule has 1 aromatic carbocycles. The standard InChI is InChI=1S/C10H11BrFNO/c11-8-4-6(12)3-7(10(8)14)9(13)5-1-2-5/h3-5,9,14H,1-2,13H2/t9-/m1/s1. The van der Waals surface area contributed by atoms with Crippen LogP contribution >= 0.6 is 15.9 Å². The molecule has 2 nitrogen and oxygen atoms in total. The van der Waals surface area contributed by atoms with Gasteiger partial charge in [-0.1, -0.05) is 0 Å². The molecule has 0 heterocycles. The minimum Gasteiger partial charge on any atom is -0.506 e. The predicted molar refractivity (Wildman–Crippen MR) is 55.4 cm³/mol. The monoisotopic (exact) mass is 259 g/mol. The normalized spacial score (nSPS) is 18.2. The Morgan fingerprint density at radius 3 is 2.71 bits per heavy atom. The van der Waals surface area contributed by atoms with Gasteiger partial charge in [0.25, 0.3) is 0 Å². The molecule has 0 saturated heterocycles. The van der Waals surface area contributed by atoms with E-state index >= 15 is 0 Å². The lowest BCUT2D eigenvalue weighted by molar-refractivity contribution is 0.449. The van der Waals surface area contributed by atoms with Crippen molar-refractivity contribution in [1.82, 2.24) is 0 Å². The van der Waals surface area contributed by atoms with Crippen LogP contribution in [0.15, 0.2) is 16.6 Å². The number of hydrogen-bond donors (Lipinski definition) is 2. The van der Waals surface area contributed by atoms with E-state index in [-0.39, 0.29) is 17.6 Å². The lowest BCUT2D eigenvalue weighted by atomic mass is 10.0. The van der Waals surface area contributed by atoms with E-state index in [1.165, 1.54) is 12.1 Å². The zero-order valence-corrected chi connectivity index (χ0v) is 9.09. The topological polar surface area (TPSA) is 46.2 Å². The third-order valence-electron chi connectivity index (χ3n) is 2.55. The molecule has 1 aliphatic carbocycles. The number of aromatic hydroxyl groups is 1. The highest BCUT2D eigenvalue weighted by Gasteiger charge is 2.31. The van der Waals surface area contributed by atoms with E-state index in [0.29, 0.717) is 16.0 Å². The van der Waals surface area contributed by atoms with E-state index in [0.717, 1.165) is 12.8 Å². The van der Waals surface area contributed by atoms with Crippen LogP contribution in [0.5, 0.6) is 5.75 Å². The van der Waals surface area contributed by atoms with Crippen molar-refractivity contribution in [3.63, 3.8) is 0 Å². The summed E-state index contributed by atoms with van der Waals surface area (Å²) in [4.78, 5) is 0. The molecule has 14 heavy (non-hydrogen) atoms. The molecule has 0 aromatic heterocycles. The average Bonchev–Trinajstić information content (AvgIpc) is 2.93. The van der Waals surface area contributed by atoms with Crippen molar-refractivity contribution in [3.05, 3.63) is 28.0 Å². The Hall–Kier alpha value is -0.610. The molecule has 1 aromatic rings. The molecule has 0 spiro atoms. The highest BCUT2D eigenvalue weighted by Crippen LogP contribution is 2.43. The number of phenolic OH excluding ortho intramolecular Hbond substituents is 1. The van der Waals surface area contributed by atoms with Gasteiger partial charge in [0.2, 0.25) is 0 Å². The quantitative estimate of drug-likeness (QED) is 0.858. The summed E-state index contributed by atoms with van der Waals surface area (Å²) in [6.45, 7) is 0. The van der Waals surface area contributed by atoms with Gasteiger partial charge >= 0.3 is 0 Å². The maximum absolute atomic E-state index is 13.1. The predicted octanol–water partition coefficient (Wildman–Crippen LogP) is 2.70. The molecule has 4 heteroatoms. The fraction of sp³-hybridized carbons (Fsp3) is 0.400. The Bertz CT molecular complexity index is 365. The van der Waals surface area contributed by atoms with E-state index in [2.05, 4.69) is 15.9 Å². The summed E-state index contributed by atoms with van der Waals surface area (Å²) in [5, 5.41) is 9.68. The Kier molecular flexibility index (Phi) is 2.49. The summed E-state index contributed by atoms with van der Waals surface area (Å²) in [5.41, 5.74) is 6.39. The SMILES string of the molecule is N[C@@H](c1cc(F)cc(Br)c1O)C1CC1. The number of hydrogen-bond acceptors (Lipinski definition) is 2. The van der Waals surface area contributed by atoms with Gasteiger partial charge in [-0.15, -0.1) is 0 Å². The maximum Gasteiger partial charge on any atom is 0.134 e. The van der Waals surface area contributed by atoms with Gasteiger partial charge in [-0.2, -0.15) is 0 Å². The van der Waals surface area contributed by atoms with Crippen LogP contribution in [0.3, 0.4) is 0 Å². The van der Waals surface area contributed by atoms with Gasteiger partial charge in [0, 0.05) is 11.6 Å². The molecule has 2 rings (SSSR count). The molecule has 0 bridgehead atoms. The van der Waals surface area contributed by atoms with Gasteiger partial charge in [-0.25, -0.2) is 4.39 Å². The van der Waals surface area contributed by atoms with Crippen molar-refractivity contribution >= 4 is 15.9 Å². The van der Waals surface area contributed by atoms with Crippen molar-refractivity contribution in [2.75, 3.05) is 0 Å². The summed E-state index contributed by atoms with van der Waals surface area (Å²) in [5.74, 6) is 0.0844. The van der Waals surface area contributed by atoms with Crippen LogP contribution in [0.1, 0.15) is 24.4 Å². The van der Waals surface area contributed by atoms with Gasteiger partial charge in [0.15, 0.2) is 0 Å². The summed E-state index contributed by atoms with van der Waals surface area (Å²) < 4.78 is 13.4. The van der Waals surface area contributed by atoms with Crippen LogP contribution in [-0.4, -0.2) is 5.11 Å². The van der Waals surface area contributed by atoms with E-state index in [9.17, 15) is 9.50 Å². The number of benzene rings is 1. The highest BCUT2D eigenvalue weighted by atomic mass is 79.9. The summed E-state index contributed by atoms with van der Waals surface area (Å²) in [6.07, 6.45) is 2.13. The lowest BCUT2D eigenvalue weighted by Crippen LogP contribution is -2.12. The first-order chi connectivity index (χ1) is 6.59. The molecule has 0 unspecified atom stereocenters. The third-order valence-corrected chi connectivity index (χ3v) is 3.15. The number of nitrogens with two attached hydrogens (primary N) is 1. The fourth-order valence-corrected chi connectivity index (χ4v) is 2.00. The van der Waals surface area contributed by atoms with Gasteiger partial charge < -0.3 is 10.8 Å². The van der Waals surface area contributed by atoms with Crippen molar-refractivity contribution in [2.24, 2.45) is 11.7 Å². The molecular formula is C10H11BrFNO. The Balaban J connectivity index is 2.39. The molecule has 1 aliphatic rings. The minimum absolute atomic E-state index is 0.0609. The van der Waals surface area contributed by atoms with Crippen LogP contribution in [0, 0.1) is 11.7 Å². The molecule has 76 valence electrons. The largest absolute Gasteiger partial charge is 0.506 e. The van der Waals surface area contributed by atoms with Crippen LogP contribution in [0.4, 0.5) is 4.39 Å². The molecule has 1 saturated carbocycles. The number of rotatable bonds is 2. The van der Waals surface area contributed by atoms with Crippen molar-refractivity contribution in [1.29, 1.82) is 0 Å². The fourth-order valence-electron chi connectivity index (χ4n) is 1.55. The Morgan fingerprint density at radius 2 is 2.14 bits per heavy atom. The summed E-state index contributed by atoms with van der Waals surface area (Å²) >= 11 is 3.09. The molecule has 0 aliphatic heterocycles. The van der Waals surface area contributed by atoms with Crippen molar-refractivity contribution < 1.29 is 9.50 Å². The molecular weight excluding hydrogens is 249 g/mol. The number of phenols is 1. The first-order valence-electron chi connectivity index (χ1n) is 4.53. The molecule has 1 atom stereocenters. The van der Waals surface area contributed by atoms with Crippen LogP contribution in [0.25, 0.3) is 0 Å². The number of halogens is 2. The molecule has 3 N–H and O–H groups in total. The Labute approximate surface area is 90.1 Å². The second-order valence-corrected chi connectivity index (χ2v) is 4.54. The maximum atomic E-state index is 13.1. The minimum atomic E-state index is -0.374. The van der Waals surface area contributed by atoms with Crippen molar-refractivity contribution in [2.45, 2.75) is 18.9 Å². The second kappa shape index (κ2) is 3.51. The summed E-state index contributed by atoms with van der Waals surface area (Å²) in [7, 11) is 0. The van der Waals surface area contributed by atoms with Crippen molar-refractivity contribution in [3.8, 4) is 5.75 Å². The third kappa shape index (κ3) is 1.77. The van der Waals surface area contributed by atoms with Gasteiger partial charge in [0.05, 0.1) is 4.47 Å². The molecule has 1 fully saturated rings. The van der Waals surface area contributed by atoms with E-state index in [1.807, 2.05) is 0 Å². The lowest BCUT2D eigenvalue weighted by Gasteiger charge is -2.13. The van der Waals surface area contributed by atoms with E-state index in [4.69, 9.17) is 5.73 Å². The smallest absolute Gasteiger partial charge is 0.134 e. The van der Waals surface area contributed by atoms with Gasteiger partial charge in [0.1, 0.15) is 11.6 Å². The summed E-state index contributed by atoms with van der Waals surface area (Å²) in [6, 6.07) is 2.30. The first kappa shape index (κ1) is 9.93. The van der Waals surface area contributed by atoms with Gasteiger partial charge in [-0.3, -0.25) is 0 Å². The zero-order valence-electron chi connectivity index (χ0n) is 7.50. The van der Waals surface area contributed by atoms with Crippen LogP contribution in [-0.2, 0) is 0 Å². The van der Waals surface area contributed by atoms with Crippen LogP contribution < -0.4 is 5.73 Å². The van der Waals surface area contributed by atoms with Gasteiger partial charge in [-0.05, 0) is 46.8 Å². The first-order valence-corrected chi connectivity index (χ1v) is 5.32. The van der Waals surface area contributed by atoms with Crippen LogP contribution in [0.2, 0.25) is 0 Å². The van der Waals surface area contributed by atoms with E-state index in [1.54, 1.807) is 0 Å². The Morgan fingerprint density at radius 1 is 1.50 bits per heavy atom. The highest BCUT2D eigenvalue weighted by molar-refractivity contribution is 9.10. The zero-order chi connectivity index (χ0) is 10.3. The van der Waals surface area contributed by atoms with E-state index < -0.39 is 0 Å². The average molecular weight is 260 g/mol.